The highest BCUT2D eigenvalue weighted by Crippen LogP contribution is 2.36. The zero-order valence-electron chi connectivity index (χ0n) is 80.3. The van der Waals surface area contributed by atoms with Gasteiger partial charge in [0.2, 0.25) is 0 Å². The number of nitrogens with zero attached hydrogens (tertiary/aromatic N) is 14. The van der Waals surface area contributed by atoms with Gasteiger partial charge in [-0.15, -0.1) is 0 Å². The van der Waals surface area contributed by atoms with Crippen LogP contribution in [0.3, 0.4) is 0 Å². The van der Waals surface area contributed by atoms with Crippen molar-refractivity contribution in [1.29, 1.82) is 0 Å². The monoisotopic (exact) mass is 2000 g/mol. The molecule has 0 spiro atoms. The van der Waals surface area contributed by atoms with Crippen molar-refractivity contribution in [3.05, 3.63) is 331 Å². The third-order valence-electron chi connectivity index (χ3n) is 23.8. The van der Waals surface area contributed by atoms with Gasteiger partial charge in [-0.05, 0) is 204 Å². The Balaban J connectivity index is 0.000000121. The van der Waals surface area contributed by atoms with Crippen molar-refractivity contribution >= 4 is 147 Å². The Morgan fingerprint density at radius 2 is 0.728 bits per heavy atom. The van der Waals surface area contributed by atoms with E-state index in [1.54, 1.807) is 74.0 Å². The number of halogens is 5. The second-order valence-corrected chi connectivity index (χ2v) is 35.3. The fourth-order valence-electron chi connectivity index (χ4n) is 16.7. The lowest BCUT2D eigenvalue weighted by atomic mass is 10.0. The molecular formula is C105H92ClF4N29O8. The molecule has 1 aliphatic rings. The summed E-state index contributed by atoms with van der Waals surface area (Å²) in [5.74, 6) is -3.94. The minimum atomic E-state index is -0.940. The number of hydrogen-bond acceptors (Lipinski definition) is 20. The molecular weight excluding hydrogens is 1910 g/mol. The van der Waals surface area contributed by atoms with Crippen molar-refractivity contribution in [2.24, 2.45) is 0 Å². The van der Waals surface area contributed by atoms with E-state index in [-0.39, 0.29) is 40.9 Å². The number of benzene rings is 10. The number of aromatic nitrogens is 21. The average molecular weight is 2000 g/mol. The minimum absolute atomic E-state index is 0.0283. The molecule has 1 aliphatic heterocycles. The number of rotatable bonds is 19. The molecule has 0 radical (unpaired) electrons. The molecule has 0 unspecified atom stereocenters. The van der Waals surface area contributed by atoms with Crippen LogP contribution >= 0.6 is 11.6 Å². The van der Waals surface area contributed by atoms with Crippen molar-refractivity contribution < 1.29 is 55.9 Å². The van der Waals surface area contributed by atoms with Gasteiger partial charge < -0.3 is 70.9 Å². The van der Waals surface area contributed by atoms with Crippen molar-refractivity contribution in [1.82, 2.24) is 121 Å². The fraction of sp³-hybridized carbons (Fsp3) is 0.143. The average Bonchev–Trinajstić information content (AvgIpc) is 1.78. The standard InChI is InChI=1S/C24H24N6O3.C22H22N6O2.C21H15ClN6O.C20H18F2N6O.C18H13F2N5O/c1-14-4-3-5-15(2)20(14)23(31)28-19-13-25-29-21(19)22-26-17-7-6-16(12-18(17)27-22)24(32)30-8-10-33-11-9-30;1-12-6-5-7-13(2)18(12)21(29)26-17-11-23-27-19(17)20-24-15-9-8-14(10-16(15)25-20)22(30)28(3)4;1-11-8-12-6-7-13(22)17(18(12)23-9-11)21(29)27-16-10-24-28-19(16)20-25-14-4-2-3-5-15(14)26-20;1-28(2)10-11-6-7-14-15(8-11)25-19(24-14)18-16(9-23-27-18)26-20(29)17-12(21)4-3-5-13(17)22;1-9-5-6-12-13(7-9)23-17(22-12)16-14(8-21-25-16)24-18(26)15-10(19)3-2-4-11(15)20/h3-7,12-13H,8-11H2,1-2H3,(H,25,29)(H,26,27)(H,28,31);5-11H,1-4H3,(H,23,27)(H,24,25)(H,26,29);2-10H,1H3,(H,24,28)(H,25,26)(H,27,29);3-9H,10H2,1-2H3,(H,23,27)(H,24,25)(H,26,29);2-8H,1H3,(H,21,25)(H,22,23)(H,24,26). The third-order valence-corrected chi connectivity index (χ3v) is 24.1. The van der Waals surface area contributed by atoms with Crippen LogP contribution in [0.15, 0.2) is 225 Å². The summed E-state index contributed by atoms with van der Waals surface area (Å²) in [6.07, 6.45) is 9.07. The van der Waals surface area contributed by atoms with E-state index in [1.165, 1.54) is 35.6 Å². The summed E-state index contributed by atoms with van der Waals surface area (Å²) in [6, 6.07) is 53.5. The predicted octanol–water partition coefficient (Wildman–Crippen LogP) is 18.9. The number of imidazole rings is 5. The molecule has 21 aromatic rings. The number of H-pyrrole nitrogens is 10. The number of aryl methyl sites for hydroxylation is 6. The summed E-state index contributed by atoms with van der Waals surface area (Å²) in [5.41, 5.74) is 21.1. The fourth-order valence-corrected chi connectivity index (χ4v) is 16.9. The van der Waals surface area contributed by atoms with Gasteiger partial charge in [-0.2, -0.15) is 25.5 Å². The zero-order valence-corrected chi connectivity index (χ0v) is 81.1. The molecule has 1 fully saturated rings. The first-order valence-electron chi connectivity index (χ1n) is 45.8. The topological polar surface area (TPSA) is 498 Å². The number of pyridine rings is 1. The van der Waals surface area contributed by atoms with Crippen molar-refractivity contribution in [2.45, 2.75) is 48.1 Å². The summed E-state index contributed by atoms with van der Waals surface area (Å²) in [6.45, 7) is 14.6. The second-order valence-electron chi connectivity index (χ2n) is 34.9. The Morgan fingerprint density at radius 1 is 0.367 bits per heavy atom. The highest BCUT2D eigenvalue weighted by atomic mass is 35.5. The summed E-state index contributed by atoms with van der Waals surface area (Å²) >= 11 is 6.35. The number of carbonyl (C=O) groups is 7. The maximum Gasteiger partial charge on any atom is 0.261 e. The number of morpholine rings is 1. The van der Waals surface area contributed by atoms with Crippen LogP contribution in [0.5, 0.6) is 0 Å². The zero-order chi connectivity index (χ0) is 103. The normalized spacial score (nSPS) is 11.8. The van der Waals surface area contributed by atoms with Crippen LogP contribution in [0.4, 0.5) is 46.0 Å². The number of para-hydroxylation sites is 2. The third kappa shape index (κ3) is 21.6. The van der Waals surface area contributed by atoms with Crippen molar-refractivity contribution in [3.63, 3.8) is 0 Å². The van der Waals surface area contributed by atoms with Crippen molar-refractivity contribution in [3.8, 4) is 57.6 Å². The number of nitrogens with one attached hydrogen (secondary N) is 15. The van der Waals surface area contributed by atoms with E-state index in [2.05, 4.69) is 137 Å². The lowest BCUT2D eigenvalue weighted by Crippen LogP contribution is -2.40. The Kier molecular flexibility index (Phi) is 28.5. The highest BCUT2D eigenvalue weighted by Gasteiger charge is 2.29. The number of hydrogen-bond donors (Lipinski definition) is 15. The van der Waals surface area contributed by atoms with E-state index in [0.29, 0.717) is 150 Å². The second kappa shape index (κ2) is 42.6. The summed E-state index contributed by atoms with van der Waals surface area (Å²) in [7, 11) is 7.39. The predicted molar refractivity (Wildman–Crippen MR) is 551 cm³/mol. The number of aromatic amines is 10. The number of amides is 7. The summed E-state index contributed by atoms with van der Waals surface area (Å²) in [5, 5.41) is 49.1. The quantitative estimate of drug-likeness (QED) is 0.0334. The maximum absolute atomic E-state index is 13.9. The van der Waals surface area contributed by atoms with Crippen LogP contribution in [-0.4, -0.2) is 216 Å². The molecule has 42 heteroatoms. The molecule has 0 saturated carbocycles. The van der Waals surface area contributed by atoms with Crippen molar-refractivity contribution in [2.75, 3.05) is 81.1 Å². The first kappa shape index (κ1) is 98.4. The van der Waals surface area contributed by atoms with Gasteiger partial charge in [0.1, 0.15) is 62.9 Å². The van der Waals surface area contributed by atoms with Gasteiger partial charge in [-0.3, -0.25) is 64.0 Å². The molecule has 740 valence electrons. The number of ether oxygens (including phenoxy) is 1. The molecule has 15 N–H and O–H groups in total. The molecule has 10 aromatic carbocycles. The van der Waals surface area contributed by atoms with Crippen LogP contribution < -0.4 is 26.6 Å². The maximum atomic E-state index is 13.9. The van der Waals surface area contributed by atoms with Crippen LogP contribution in [0.25, 0.3) is 124 Å². The molecule has 147 heavy (non-hydrogen) atoms. The molecule has 1 saturated heterocycles. The SMILES string of the molecule is CN(C)Cc1ccc2nc(-c3[nH]ncc3NC(=O)c3c(F)cccc3F)[nH]c2c1.Cc1ccc2nc(-c3[nH]ncc3NC(=O)c3c(F)cccc3F)[nH]c2c1.Cc1cccc(C)c1C(=O)Nc1cn[nH]c1-c1nc2ccc(C(=O)N(C)C)cc2[nH]1.Cc1cccc(C)c1C(=O)Nc1cn[nH]c1-c1nc2ccc(C(=O)N3CCOCC3)cc2[nH]1.Cc1cnc2c(C(=O)Nc3cn[nH]c3-c3nc4ccccc4[nH]3)c(Cl)ccc2c1. The molecule has 22 rings (SSSR count). The van der Waals surface area contributed by atoms with Gasteiger partial charge in [0.15, 0.2) is 29.1 Å². The highest BCUT2D eigenvalue weighted by molar-refractivity contribution is 6.36. The van der Waals surface area contributed by atoms with E-state index in [4.69, 9.17) is 16.3 Å². The summed E-state index contributed by atoms with van der Waals surface area (Å²) in [4.78, 5) is 137. The lowest BCUT2D eigenvalue weighted by Gasteiger charge is -2.26. The van der Waals surface area contributed by atoms with E-state index in [9.17, 15) is 51.1 Å². The van der Waals surface area contributed by atoms with Gasteiger partial charge in [0.25, 0.3) is 41.4 Å². The number of carbonyl (C=O) groups excluding carboxylic acids is 7. The summed E-state index contributed by atoms with van der Waals surface area (Å²) < 4.78 is 60.7. The van der Waals surface area contributed by atoms with E-state index in [0.717, 1.165) is 119 Å². The van der Waals surface area contributed by atoms with Crippen LogP contribution in [0, 0.1) is 64.8 Å². The Labute approximate surface area is 837 Å². The molecule has 12 heterocycles. The van der Waals surface area contributed by atoms with E-state index < -0.39 is 46.2 Å². The molecule has 11 aromatic heterocycles. The van der Waals surface area contributed by atoms with E-state index >= 15 is 0 Å². The Hall–Kier alpha value is -18.8. The van der Waals surface area contributed by atoms with Gasteiger partial charge in [0.05, 0.1) is 144 Å². The Morgan fingerprint density at radius 3 is 1.15 bits per heavy atom. The van der Waals surface area contributed by atoms with Crippen LogP contribution in [-0.2, 0) is 11.3 Å². The van der Waals surface area contributed by atoms with Gasteiger partial charge in [0, 0.05) is 67.6 Å². The molecule has 0 atom stereocenters. The van der Waals surface area contributed by atoms with Crippen LogP contribution in [0.1, 0.15) is 111 Å². The van der Waals surface area contributed by atoms with Gasteiger partial charge in [-0.25, -0.2) is 42.5 Å². The van der Waals surface area contributed by atoms with Gasteiger partial charge in [-0.1, -0.05) is 90.5 Å². The first-order chi connectivity index (χ1) is 70.9. The molecule has 0 aliphatic carbocycles. The smallest absolute Gasteiger partial charge is 0.261 e. The minimum Gasteiger partial charge on any atom is -0.378 e. The Bertz CT molecular complexity index is 8520. The largest absolute Gasteiger partial charge is 0.378 e. The van der Waals surface area contributed by atoms with Gasteiger partial charge >= 0.3 is 0 Å². The van der Waals surface area contributed by atoms with Crippen LogP contribution in [0.2, 0.25) is 5.02 Å². The first-order valence-corrected chi connectivity index (χ1v) is 46.2. The number of fused-ring (bicyclic) bond motifs is 6. The molecule has 37 nitrogen and oxygen atoms in total. The lowest BCUT2D eigenvalue weighted by molar-refractivity contribution is 0.0303. The molecule has 7 amide bonds. The van der Waals surface area contributed by atoms with E-state index in [1.807, 2.05) is 171 Å². The number of anilines is 5. The molecule has 0 bridgehead atoms.